The van der Waals surface area contributed by atoms with Crippen molar-refractivity contribution < 1.29 is 38.2 Å². The average molecular weight is 820 g/mol. The van der Waals surface area contributed by atoms with Crippen LogP contribution in [-0.4, -0.2) is 103 Å². The van der Waals surface area contributed by atoms with Crippen molar-refractivity contribution in [2.24, 2.45) is 20.0 Å². The fourth-order valence-corrected chi connectivity index (χ4v) is 8.55. The molecule has 0 spiro atoms. The summed E-state index contributed by atoms with van der Waals surface area (Å²) < 4.78 is 22.0. The van der Waals surface area contributed by atoms with Crippen LogP contribution in [0.2, 0.25) is 0 Å². The number of methoxy groups -OCH3 is 2. The van der Waals surface area contributed by atoms with E-state index in [-0.39, 0.29) is 65.9 Å². The van der Waals surface area contributed by atoms with Crippen LogP contribution in [0, 0.1) is 5.92 Å². The normalized spacial score (nSPS) is 18.2. The number of carbonyl (C=O) groups excluding carboxylic acids is 5. The van der Waals surface area contributed by atoms with Crippen molar-refractivity contribution in [3.05, 3.63) is 81.7 Å². The van der Waals surface area contributed by atoms with Crippen molar-refractivity contribution in [3.63, 3.8) is 0 Å². The molecule has 3 aromatic heterocycles. The minimum absolute atomic E-state index is 0.107. The van der Waals surface area contributed by atoms with Crippen LogP contribution in [0.5, 0.6) is 11.5 Å². The first-order valence-electron chi connectivity index (χ1n) is 19.8. The number of ketones is 2. The molecule has 3 saturated carbocycles. The Labute approximate surface area is 343 Å². The summed E-state index contributed by atoms with van der Waals surface area (Å²) >= 11 is 0. The van der Waals surface area contributed by atoms with E-state index < -0.39 is 17.4 Å². The number of amides is 3. The third-order valence-electron chi connectivity index (χ3n) is 11.7. The van der Waals surface area contributed by atoms with Crippen molar-refractivity contribution in [1.29, 1.82) is 0 Å². The summed E-state index contributed by atoms with van der Waals surface area (Å²) in [6.07, 6.45) is 6.74. The number of Topliss-reactive ketones (excluding diaryl/α,β-unsaturated/α-hetero) is 2. The van der Waals surface area contributed by atoms with Gasteiger partial charge >= 0.3 is 0 Å². The third-order valence-corrected chi connectivity index (χ3v) is 11.7. The molecule has 2 N–H and O–H groups in total. The number of pyridine rings is 1. The minimum Gasteiger partial charge on any atom is -0.496 e. The molecule has 9 rings (SSSR count). The van der Waals surface area contributed by atoms with Gasteiger partial charge in [0.25, 0.3) is 17.4 Å². The van der Waals surface area contributed by atoms with E-state index in [1.807, 2.05) is 12.1 Å². The second-order valence-corrected chi connectivity index (χ2v) is 15.4. The molecular formula is C42H45N9O9. The van der Waals surface area contributed by atoms with E-state index in [0.717, 1.165) is 27.0 Å². The van der Waals surface area contributed by atoms with Crippen molar-refractivity contribution >= 4 is 45.9 Å². The highest BCUT2D eigenvalue weighted by Crippen LogP contribution is 2.51. The molecule has 1 aliphatic heterocycles. The zero-order chi connectivity index (χ0) is 42.3. The fraction of sp³-hybridized carbons (Fsp3) is 0.405. The van der Waals surface area contributed by atoms with Crippen LogP contribution in [-0.2, 0) is 52.7 Å². The Morgan fingerprint density at radius 3 is 2.47 bits per heavy atom. The van der Waals surface area contributed by atoms with Crippen LogP contribution in [0.15, 0.2) is 53.7 Å². The van der Waals surface area contributed by atoms with Gasteiger partial charge < -0.3 is 29.4 Å². The molecule has 2 aromatic carbocycles. The van der Waals surface area contributed by atoms with Gasteiger partial charge in [-0.2, -0.15) is 5.10 Å². The first kappa shape index (κ1) is 40.1. The number of carbonyl (C=O) groups is 5. The Kier molecular flexibility index (Phi) is 10.8. The van der Waals surface area contributed by atoms with Crippen molar-refractivity contribution in [1.82, 2.24) is 39.6 Å². The molecule has 0 radical (unpaired) electrons. The smallest absolute Gasteiger partial charge is 0.276 e. The maximum Gasteiger partial charge on any atom is 0.276 e. The molecule has 0 saturated heterocycles. The summed E-state index contributed by atoms with van der Waals surface area (Å²) in [4.78, 5) is 78.4. The zero-order valence-corrected chi connectivity index (χ0v) is 33.8. The Hall–Kier alpha value is -6.69. The highest BCUT2D eigenvalue weighted by molar-refractivity contribution is 6.27. The van der Waals surface area contributed by atoms with Crippen LogP contribution < -0.4 is 25.7 Å². The van der Waals surface area contributed by atoms with Crippen molar-refractivity contribution in [2.75, 3.05) is 39.3 Å². The Morgan fingerprint density at radius 1 is 0.967 bits per heavy atom. The van der Waals surface area contributed by atoms with Gasteiger partial charge in [-0.1, -0.05) is 11.3 Å². The van der Waals surface area contributed by atoms with E-state index in [4.69, 9.17) is 14.2 Å². The molecule has 0 atom stereocenters. The number of imide groups is 1. The number of hydrogen-bond donors (Lipinski definition) is 2. The quantitative estimate of drug-likeness (QED) is 0.0786. The summed E-state index contributed by atoms with van der Waals surface area (Å²) in [6, 6.07) is 8.76. The minimum atomic E-state index is -1.23. The van der Waals surface area contributed by atoms with Gasteiger partial charge in [0.05, 0.1) is 70.5 Å². The van der Waals surface area contributed by atoms with Crippen LogP contribution in [0.4, 0.5) is 5.69 Å². The number of anilines is 1. The van der Waals surface area contributed by atoms with Gasteiger partial charge in [0.1, 0.15) is 34.0 Å². The lowest BCUT2D eigenvalue weighted by atomic mass is 9.57. The number of benzene rings is 2. The molecule has 60 heavy (non-hydrogen) atoms. The van der Waals surface area contributed by atoms with Gasteiger partial charge in [0, 0.05) is 61.4 Å². The fourth-order valence-electron chi connectivity index (χ4n) is 8.55. The van der Waals surface area contributed by atoms with E-state index in [2.05, 4.69) is 26.0 Å². The molecule has 5 aromatic rings. The third kappa shape index (κ3) is 7.09. The van der Waals surface area contributed by atoms with Crippen LogP contribution in [0.1, 0.15) is 64.1 Å². The Bertz CT molecular complexity index is 2590. The average Bonchev–Trinajstić information content (AvgIpc) is 3.92. The van der Waals surface area contributed by atoms with E-state index in [1.165, 1.54) is 4.57 Å². The van der Waals surface area contributed by atoms with E-state index in [0.29, 0.717) is 74.0 Å². The van der Waals surface area contributed by atoms with Crippen LogP contribution in [0.3, 0.4) is 0 Å². The predicted molar refractivity (Wildman–Crippen MR) is 216 cm³/mol. The van der Waals surface area contributed by atoms with Gasteiger partial charge in [0.2, 0.25) is 5.91 Å². The van der Waals surface area contributed by atoms with E-state index >= 15 is 0 Å². The number of nitrogens with one attached hydrogen (secondary N) is 2. The molecule has 18 nitrogen and oxygen atoms in total. The summed E-state index contributed by atoms with van der Waals surface area (Å²) in [5.41, 5.74) is 3.05. The molecule has 0 unspecified atom stereocenters. The lowest BCUT2D eigenvalue weighted by Crippen LogP contribution is -2.68. The largest absolute Gasteiger partial charge is 0.496 e. The molecule has 3 aliphatic carbocycles. The lowest BCUT2D eigenvalue weighted by molar-refractivity contribution is -0.153. The van der Waals surface area contributed by atoms with Gasteiger partial charge in [-0.05, 0) is 55.5 Å². The van der Waals surface area contributed by atoms with Crippen LogP contribution in [0.25, 0.3) is 22.0 Å². The first-order valence-corrected chi connectivity index (χ1v) is 19.8. The highest BCUT2D eigenvalue weighted by atomic mass is 16.5. The van der Waals surface area contributed by atoms with Gasteiger partial charge in [-0.3, -0.25) is 38.3 Å². The van der Waals surface area contributed by atoms with Crippen LogP contribution >= 0.6 is 0 Å². The summed E-state index contributed by atoms with van der Waals surface area (Å²) in [5, 5.41) is 19.4. The summed E-state index contributed by atoms with van der Waals surface area (Å²) in [7, 11) is 6.62. The van der Waals surface area contributed by atoms with E-state index in [9.17, 15) is 28.8 Å². The molecule has 4 aliphatic rings. The summed E-state index contributed by atoms with van der Waals surface area (Å²) in [5.74, 6) is -0.694. The number of ether oxygens (including phenoxy) is 3. The molecular weight excluding hydrogens is 775 g/mol. The Balaban J connectivity index is 0.769. The number of aryl methyl sites for hydroxylation is 2. The maximum absolute atomic E-state index is 13.6. The molecule has 3 amide bonds. The topological polar surface area (TPSA) is 211 Å². The standard InChI is InChI=1S/C42H45N9O9/c1-48-23-30(29-21-45-49(2)38(29)41(48)57)24-15-33(58-3)27(34(16-24)59-4)7-6-10-36(54)43-11-13-60-14-12-50-22-26(46-47-50)20-44-31-9-5-8-28-37(31)40(56)51(39(28)55)42-18-25(19-42)32(52)17-35(42)53/h5,8-9,15-16,21-23,25,44H,6-7,10-14,17-20H2,1-4H3,(H,43,54). The number of aromatic nitrogens is 6. The molecule has 4 heterocycles. The lowest BCUT2D eigenvalue weighted by Gasteiger charge is -2.53. The number of rotatable bonds is 17. The first-order chi connectivity index (χ1) is 28.9. The van der Waals surface area contributed by atoms with Gasteiger partial charge in [-0.25, -0.2) is 4.68 Å². The maximum atomic E-state index is 13.6. The molecule has 312 valence electrons. The Morgan fingerprint density at radius 2 is 1.73 bits per heavy atom. The highest BCUT2D eigenvalue weighted by Gasteiger charge is 2.64. The second-order valence-electron chi connectivity index (χ2n) is 15.4. The number of hydrogen-bond acceptors (Lipinski definition) is 13. The van der Waals surface area contributed by atoms with Gasteiger partial charge in [-0.15, -0.1) is 5.10 Å². The zero-order valence-electron chi connectivity index (χ0n) is 33.8. The number of fused-ring (bicyclic) bond motifs is 4. The van der Waals surface area contributed by atoms with Crippen molar-refractivity contribution in [2.45, 2.75) is 57.2 Å². The molecule has 2 bridgehead atoms. The SMILES string of the molecule is COc1cc(-c2cn(C)c(=O)c3c2cnn3C)cc(OC)c1CCCC(=O)NCCOCCn1cc(CNc2cccc3c2C(=O)N(C24CC(C2)C(=O)CC4=O)C3=O)nn1. The second kappa shape index (κ2) is 16.2. The van der Waals surface area contributed by atoms with Gasteiger partial charge in [0.15, 0.2) is 5.78 Å². The van der Waals surface area contributed by atoms with Crippen molar-refractivity contribution in [3.8, 4) is 22.6 Å². The number of nitrogens with zero attached hydrogens (tertiary/aromatic N) is 7. The molecule has 3 fully saturated rings. The molecule has 18 heteroatoms. The summed E-state index contributed by atoms with van der Waals surface area (Å²) in [6.45, 7) is 1.62. The predicted octanol–water partition coefficient (Wildman–Crippen LogP) is 2.60. The monoisotopic (exact) mass is 819 g/mol. The van der Waals surface area contributed by atoms with E-state index in [1.54, 1.807) is 74.5 Å².